The number of nitrogens with one attached hydrogen (secondary N) is 1. The molecule has 0 atom stereocenters. The molecule has 94 valence electrons. The van der Waals surface area contributed by atoms with Gasteiger partial charge in [0.05, 0.1) is 4.90 Å². The normalized spacial score (nSPS) is 11.2. The number of carbonyl (C=O) groups is 1. The maximum atomic E-state index is 11.4. The zero-order valence-electron chi connectivity index (χ0n) is 9.86. The number of benzene rings is 1. The fraction of sp³-hybridized carbons (Fsp3) is 0.364. The Labute approximate surface area is 101 Å². The van der Waals surface area contributed by atoms with Crippen LogP contribution in [0.1, 0.15) is 25.3 Å². The van der Waals surface area contributed by atoms with Gasteiger partial charge < -0.3 is 5.32 Å². The minimum atomic E-state index is -3.70. The van der Waals surface area contributed by atoms with Gasteiger partial charge in [0, 0.05) is 12.1 Å². The van der Waals surface area contributed by atoms with Crippen LogP contribution in [0.5, 0.6) is 0 Å². The van der Waals surface area contributed by atoms with Crippen molar-refractivity contribution >= 4 is 21.6 Å². The largest absolute Gasteiger partial charge is 0.326 e. The van der Waals surface area contributed by atoms with Crippen LogP contribution in [0, 0.1) is 6.92 Å². The van der Waals surface area contributed by atoms with E-state index < -0.39 is 10.0 Å². The Kier molecular flexibility index (Phi) is 4.25. The SMILES string of the molecule is CCCC(=O)Nc1ccc(S(N)(=O)=O)c(C)c1. The Morgan fingerprint density at radius 2 is 2.06 bits per heavy atom. The van der Waals surface area contributed by atoms with Crippen molar-refractivity contribution in [2.75, 3.05) is 5.32 Å². The summed E-state index contributed by atoms with van der Waals surface area (Å²) in [6, 6.07) is 4.51. The molecule has 0 unspecified atom stereocenters. The summed E-state index contributed by atoms with van der Waals surface area (Å²) in [5.41, 5.74) is 1.09. The van der Waals surface area contributed by atoms with Crippen LogP contribution in [0.25, 0.3) is 0 Å². The fourth-order valence-electron chi connectivity index (χ4n) is 1.50. The van der Waals surface area contributed by atoms with E-state index in [4.69, 9.17) is 5.14 Å². The van der Waals surface area contributed by atoms with E-state index >= 15 is 0 Å². The van der Waals surface area contributed by atoms with Gasteiger partial charge in [-0.3, -0.25) is 4.79 Å². The average Bonchev–Trinajstić information content (AvgIpc) is 2.15. The molecule has 3 N–H and O–H groups in total. The van der Waals surface area contributed by atoms with Crippen molar-refractivity contribution in [2.45, 2.75) is 31.6 Å². The van der Waals surface area contributed by atoms with E-state index in [2.05, 4.69) is 5.32 Å². The van der Waals surface area contributed by atoms with E-state index in [0.717, 1.165) is 6.42 Å². The highest BCUT2D eigenvalue weighted by Crippen LogP contribution is 2.18. The molecular formula is C11H16N2O3S. The summed E-state index contributed by atoms with van der Waals surface area (Å²) in [4.78, 5) is 11.4. The van der Waals surface area contributed by atoms with Crippen molar-refractivity contribution in [3.05, 3.63) is 23.8 Å². The molecule has 1 amide bonds. The first kappa shape index (κ1) is 13.7. The quantitative estimate of drug-likeness (QED) is 0.852. The number of nitrogens with two attached hydrogens (primary N) is 1. The van der Waals surface area contributed by atoms with Crippen molar-refractivity contribution in [3.8, 4) is 0 Å². The molecule has 0 bridgehead atoms. The van der Waals surface area contributed by atoms with Crippen LogP contribution < -0.4 is 10.5 Å². The van der Waals surface area contributed by atoms with Gasteiger partial charge >= 0.3 is 0 Å². The highest BCUT2D eigenvalue weighted by molar-refractivity contribution is 7.89. The summed E-state index contributed by atoms with van der Waals surface area (Å²) in [5, 5.41) is 7.73. The topological polar surface area (TPSA) is 89.3 Å². The first-order chi connectivity index (χ1) is 7.84. The highest BCUT2D eigenvalue weighted by Gasteiger charge is 2.11. The Balaban J connectivity index is 2.94. The van der Waals surface area contributed by atoms with Crippen LogP contribution in [0.3, 0.4) is 0 Å². The van der Waals surface area contributed by atoms with E-state index in [9.17, 15) is 13.2 Å². The minimum absolute atomic E-state index is 0.0750. The second kappa shape index (κ2) is 5.29. The van der Waals surface area contributed by atoms with Gasteiger partial charge in [-0.2, -0.15) is 0 Å². The molecular weight excluding hydrogens is 240 g/mol. The number of hydrogen-bond acceptors (Lipinski definition) is 3. The van der Waals surface area contributed by atoms with E-state index in [0.29, 0.717) is 17.7 Å². The molecule has 0 heterocycles. The predicted octanol–water partition coefficient (Wildman–Crippen LogP) is 1.38. The summed E-state index contributed by atoms with van der Waals surface area (Å²) < 4.78 is 22.4. The zero-order valence-corrected chi connectivity index (χ0v) is 10.7. The summed E-state index contributed by atoms with van der Waals surface area (Å²) in [6.07, 6.45) is 1.20. The van der Waals surface area contributed by atoms with Crippen LogP contribution in [-0.4, -0.2) is 14.3 Å². The second-order valence-electron chi connectivity index (χ2n) is 3.82. The zero-order chi connectivity index (χ0) is 13.1. The number of hydrogen-bond donors (Lipinski definition) is 2. The van der Waals surface area contributed by atoms with E-state index in [1.165, 1.54) is 12.1 Å². The molecule has 0 aromatic heterocycles. The van der Waals surface area contributed by atoms with Crippen molar-refractivity contribution < 1.29 is 13.2 Å². The van der Waals surface area contributed by atoms with Crippen LogP contribution in [0.15, 0.2) is 23.1 Å². The smallest absolute Gasteiger partial charge is 0.238 e. The molecule has 0 fully saturated rings. The van der Waals surface area contributed by atoms with E-state index in [-0.39, 0.29) is 10.8 Å². The standard InChI is InChI=1S/C11H16N2O3S/c1-3-4-11(14)13-9-5-6-10(8(2)7-9)17(12,15)16/h5-7H,3-4H2,1-2H3,(H,13,14)(H2,12,15,16). The highest BCUT2D eigenvalue weighted by atomic mass is 32.2. The minimum Gasteiger partial charge on any atom is -0.326 e. The second-order valence-corrected chi connectivity index (χ2v) is 5.35. The molecule has 0 radical (unpaired) electrons. The summed E-state index contributed by atoms with van der Waals surface area (Å²) >= 11 is 0. The van der Waals surface area contributed by atoms with Gasteiger partial charge in [-0.1, -0.05) is 6.92 Å². The molecule has 0 saturated heterocycles. The van der Waals surface area contributed by atoms with Crippen LogP contribution in [0.2, 0.25) is 0 Å². The van der Waals surface area contributed by atoms with Crippen molar-refractivity contribution in [1.82, 2.24) is 0 Å². The van der Waals surface area contributed by atoms with Gasteiger partial charge in [-0.25, -0.2) is 13.6 Å². The van der Waals surface area contributed by atoms with Crippen molar-refractivity contribution in [1.29, 1.82) is 0 Å². The van der Waals surface area contributed by atoms with Gasteiger partial charge in [-0.05, 0) is 37.1 Å². The first-order valence-corrected chi connectivity index (χ1v) is 6.82. The lowest BCUT2D eigenvalue weighted by Gasteiger charge is -2.08. The number of carbonyl (C=O) groups excluding carboxylic acids is 1. The van der Waals surface area contributed by atoms with Gasteiger partial charge in [0.25, 0.3) is 0 Å². The summed E-state index contributed by atoms with van der Waals surface area (Å²) in [5.74, 6) is -0.0877. The molecule has 1 aromatic rings. The molecule has 0 aliphatic heterocycles. The number of aryl methyl sites for hydroxylation is 1. The average molecular weight is 256 g/mol. The summed E-state index contributed by atoms with van der Waals surface area (Å²) in [7, 11) is -3.70. The lowest BCUT2D eigenvalue weighted by Crippen LogP contribution is -2.15. The molecule has 6 heteroatoms. The summed E-state index contributed by atoms with van der Waals surface area (Å²) in [6.45, 7) is 3.55. The fourth-order valence-corrected chi connectivity index (χ4v) is 2.26. The van der Waals surface area contributed by atoms with Gasteiger partial charge in [-0.15, -0.1) is 0 Å². The lowest BCUT2D eigenvalue weighted by molar-refractivity contribution is -0.116. The molecule has 0 saturated carbocycles. The predicted molar refractivity (Wildman–Crippen MR) is 66.1 cm³/mol. The Morgan fingerprint density at radius 1 is 1.41 bits per heavy atom. The monoisotopic (exact) mass is 256 g/mol. The van der Waals surface area contributed by atoms with Gasteiger partial charge in [0.1, 0.15) is 0 Å². The molecule has 1 aromatic carbocycles. The van der Waals surface area contributed by atoms with Crippen molar-refractivity contribution in [2.24, 2.45) is 5.14 Å². The number of primary sulfonamides is 1. The Bertz CT molecular complexity index is 524. The number of anilines is 1. The maximum Gasteiger partial charge on any atom is 0.238 e. The third-order valence-corrected chi connectivity index (χ3v) is 3.31. The Hall–Kier alpha value is -1.40. The molecule has 0 aliphatic carbocycles. The number of sulfonamides is 1. The Morgan fingerprint density at radius 3 is 2.53 bits per heavy atom. The molecule has 0 spiro atoms. The molecule has 0 aliphatic rings. The van der Waals surface area contributed by atoms with Crippen molar-refractivity contribution in [3.63, 3.8) is 0 Å². The first-order valence-electron chi connectivity index (χ1n) is 5.28. The number of amides is 1. The van der Waals surface area contributed by atoms with E-state index in [1.54, 1.807) is 13.0 Å². The van der Waals surface area contributed by atoms with Crippen LogP contribution in [0.4, 0.5) is 5.69 Å². The van der Waals surface area contributed by atoms with Crippen LogP contribution >= 0.6 is 0 Å². The number of rotatable bonds is 4. The van der Waals surface area contributed by atoms with Crippen LogP contribution in [-0.2, 0) is 14.8 Å². The molecule has 17 heavy (non-hydrogen) atoms. The molecule has 1 rings (SSSR count). The van der Waals surface area contributed by atoms with Gasteiger partial charge in [0.2, 0.25) is 15.9 Å². The molecule has 5 nitrogen and oxygen atoms in total. The maximum absolute atomic E-state index is 11.4. The third kappa shape index (κ3) is 3.83. The van der Waals surface area contributed by atoms with Gasteiger partial charge in [0.15, 0.2) is 0 Å². The lowest BCUT2D eigenvalue weighted by atomic mass is 10.2. The third-order valence-electron chi connectivity index (χ3n) is 2.24. The van der Waals surface area contributed by atoms with E-state index in [1.807, 2.05) is 6.92 Å².